The minimum Gasteiger partial charge on any atom is -0.463 e. The lowest BCUT2D eigenvalue weighted by atomic mass is 10.2. The van der Waals surface area contributed by atoms with Crippen LogP contribution in [0.4, 0.5) is 0 Å². The minimum atomic E-state index is -0.371. The molecule has 0 bridgehead atoms. The highest BCUT2D eigenvalue weighted by Crippen LogP contribution is 2.24. The van der Waals surface area contributed by atoms with Crippen molar-refractivity contribution >= 4 is 28.0 Å². The fourth-order valence-corrected chi connectivity index (χ4v) is 1.82. The van der Waals surface area contributed by atoms with Gasteiger partial charge in [0.2, 0.25) is 0 Å². The maximum absolute atomic E-state index is 11.2. The van der Waals surface area contributed by atoms with Gasteiger partial charge >= 0.3 is 5.97 Å². The van der Waals surface area contributed by atoms with Crippen LogP contribution >= 0.6 is 15.9 Å². The van der Waals surface area contributed by atoms with Crippen LogP contribution in [-0.4, -0.2) is 12.6 Å². The third-order valence-corrected chi connectivity index (χ3v) is 2.95. The predicted molar refractivity (Wildman–Crippen MR) is 77.5 cm³/mol. The van der Waals surface area contributed by atoms with Gasteiger partial charge in [-0.25, -0.2) is 4.79 Å². The van der Waals surface area contributed by atoms with E-state index in [0.717, 1.165) is 15.8 Å². The van der Waals surface area contributed by atoms with Crippen molar-refractivity contribution in [3.63, 3.8) is 0 Å². The van der Waals surface area contributed by atoms with Crippen LogP contribution in [0, 0.1) is 0 Å². The van der Waals surface area contributed by atoms with Gasteiger partial charge in [-0.05, 0) is 37.3 Å². The van der Waals surface area contributed by atoms with E-state index in [1.165, 1.54) is 6.08 Å². The number of halogens is 1. The van der Waals surface area contributed by atoms with Crippen molar-refractivity contribution in [1.82, 2.24) is 0 Å². The van der Waals surface area contributed by atoms with E-state index in [9.17, 15) is 4.79 Å². The average molecular weight is 321 g/mol. The SMILES string of the molecule is CCOC(=O)/C=C/c1ccc(-c2ccc(Br)cc2)o1. The Hall–Kier alpha value is -1.81. The average Bonchev–Trinajstić information content (AvgIpc) is 2.86. The molecule has 0 atom stereocenters. The zero-order valence-corrected chi connectivity index (χ0v) is 12.0. The molecule has 0 aliphatic rings. The lowest BCUT2D eigenvalue weighted by Crippen LogP contribution is -1.98. The smallest absolute Gasteiger partial charge is 0.330 e. The molecule has 0 N–H and O–H groups in total. The Labute approximate surface area is 120 Å². The summed E-state index contributed by atoms with van der Waals surface area (Å²) in [7, 11) is 0. The van der Waals surface area contributed by atoms with Crippen molar-refractivity contribution in [2.45, 2.75) is 6.92 Å². The van der Waals surface area contributed by atoms with Crippen molar-refractivity contribution in [3.8, 4) is 11.3 Å². The molecule has 0 aliphatic heterocycles. The van der Waals surface area contributed by atoms with Gasteiger partial charge in [-0.15, -0.1) is 0 Å². The van der Waals surface area contributed by atoms with E-state index in [4.69, 9.17) is 9.15 Å². The number of carbonyl (C=O) groups excluding carboxylic acids is 1. The number of benzene rings is 1. The van der Waals surface area contributed by atoms with Gasteiger partial charge in [-0.2, -0.15) is 0 Å². The fourth-order valence-electron chi connectivity index (χ4n) is 1.55. The normalized spacial score (nSPS) is 10.8. The predicted octanol–water partition coefficient (Wildman–Crippen LogP) is 4.29. The third kappa shape index (κ3) is 3.83. The number of hydrogen-bond acceptors (Lipinski definition) is 3. The van der Waals surface area contributed by atoms with Crippen molar-refractivity contribution in [3.05, 3.63) is 52.7 Å². The second kappa shape index (κ2) is 6.38. The molecule has 1 aromatic carbocycles. The van der Waals surface area contributed by atoms with E-state index in [1.807, 2.05) is 36.4 Å². The van der Waals surface area contributed by atoms with Crippen LogP contribution in [0.2, 0.25) is 0 Å². The van der Waals surface area contributed by atoms with Gasteiger partial charge < -0.3 is 9.15 Å². The molecular weight excluding hydrogens is 308 g/mol. The summed E-state index contributed by atoms with van der Waals surface area (Å²) in [6.45, 7) is 2.13. The number of furan rings is 1. The Morgan fingerprint density at radius 3 is 2.68 bits per heavy atom. The molecule has 0 saturated carbocycles. The molecule has 19 heavy (non-hydrogen) atoms. The van der Waals surface area contributed by atoms with E-state index >= 15 is 0 Å². The van der Waals surface area contributed by atoms with Gasteiger partial charge in [0.15, 0.2) is 0 Å². The van der Waals surface area contributed by atoms with Crippen molar-refractivity contribution < 1.29 is 13.9 Å². The Morgan fingerprint density at radius 1 is 1.26 bits per heavy atom. The molecule has 2 aromatic rings. The van der Waals surface area contributed by atoms with Crippen molar-refractivity contribution in [1.29, 1.82) is 0 Å². The van der Waals surface area contributed by atoms with Gasteiger partial charge in [0, 0.05) is 16.1 Å². The molecule has 98 valence electrons. The van der Waals surface area contributed by atoms with E-state index in [1.54, 1.807) is 13.0 Å². The maximum Gasteiger partial charge on any atom is 0.330 e. The summed E-state index contributed by atoms with van der Waals surface area (Å²) in [5.74, 6) is 1.01. The monoisotopic (exact) mass is 320 g/mol. The zero-order valence-electron chi connectivity index (χ0n) is 10.4. The van der Waals surface area contributed by atoms with Crippen LogP contribution in [-0.2, 0) is 9.53 Å². The first-order chi connectivity index (χ1) is 9.19. The van der Waals surface area contributed by atoms with Crippen molar-refractivity contribution in [2.24, 2.45) is 0 Å². The quantitative estimate of drug-likeness (QED) is 0.623. The minimum absolute atomic E-state index is 0.367. The number of carbonyl (C=O) groups is 1. The van der Waals surface area contributed by atoms with E-state index in [-0.39, 0.29) is 5.97 Å². The highest BCUT2D eigenvalue weighted by Gasteiger charge is 2.03. The first kappa shape index (κ1) is 13.6. The number of hydrogen-bond donors (Lipinski definition) is 0. The summed E-state index contributed by atoms with van der Waals surface area (Å²) in [5.41, 5.74) is 0.985. The molecular formula is C15H13BrO3. The van der Waals surface area contributed by atoms with Crippen LogP contribution < -0.4 is 0 Å². The lowest BCUT2D eigenvalue weighted by molar-refractivity contribution is -0.137. The van der Waals surface area contributed by atoms with Crippen LogP contribution in [0.25, 0.3) is 17.4 Å². The van der Waals surface area contributed by atoms with Crippen LogP contribution in [0.5, 0.6) is 0 Å². The molecule has 2 rings (SSSR count). The topological polar surface area (TPSA) is 39.4 Å². The molecule has 0 radical (unpaired) electrons. The molecule has 1 aromatic heterocycles. The molecule has 4 heteroatoms. The number of esters is 1. The van der Waals surface area contributed by atoms with Gasteiger partial charge in [0.25, 0.3) is 0 Å². The van der Waals surface area contributed by atoms with Crippen molar-refractivity contribution in [2.75, 3.05) is 6.61 Å². The van der Waals surface area contributed by atoms with E-state index in [0.29, 0.717) is 12.4 Å². The molecule has 0 unspecified atom stereocenters. The first-order valence-corrected chi connectivity index (χ1v) is 6.69. The Kier molecular flexibility index (Phi) is 4.58. The van der Waals surface area contributed by atoms with E-state index < -0.39 is 0 Å². The second-order valence-corrected chi connectivity index (χ2v) is 4.71. The van der Waals surface area contributed by atoms with Crippen LogP contribution in [0.1, 0.15) is 12.7 Å². The number of rotatable bonds is 4. The molecule has 0 aliphatic carbocycles. The standard InChI is InChI=1S/C15H13BrO3/c1-2-18-15(17)10-8-13-7-9-14(19-13)11-3-5-12(16)6-4-11/h3-10H,2H2,1H3/b10-8+. The Morgan fingerprint density at radius 2 is 2.00 bits per heavy atom. The van der Waals surface area contributed by atoms with E-state index in [2.05, 4.69) is 15.9 Å². The fraction of sp³-hybridized carbons (Fsp3) is 0.133. The summed E-state index contributed by atoms with van der Waals surface area (Å²) >= 11 is 3.39. The summed E-state index contributed by atoms with van der Waals surface area (Å²) in [5, 5.41) is 0. The summed E-state index contributed by atoms with van der Waals surface area (Å²) in [6.07, 6.45) is 2.95. The highest BCUT2D eigenvalue weighted by molar-refractivity contribution is 9.10. The molecule has 1 heterocycles. The van der Waals surface area contributed by atoms with Gasteiger partial charge in [-0.3, -0.25) is 0 Å². The number of ether oxygens (including phenoxy) is 1. The zero-order chi connectivity index (χ0) is 13.7. The first-order valence-electron chi connectivity index (χ1n) is 5.89. The summed E-state index contributed by atoms with van der Waals surface area (Å²) < 4.78 is 11.4. The van der Waals surface area contributed by atoms with Crippen LogP contribution in [0.15, 0.2) is 51.4 Å². The van der Waals surface area contributed by atoms with Crippen LogP contribution in [0.3, 0.4) is 0 Å². The summed E-state index contributed by atoms with van der Waals surface area (Å²) in [4.78, 5) is 11.2. The molecule has 0 spiro atoms. The lowest BCUT2D eigenvalue weighted by Gasteiger charge is -1.96. The molecule has 0 fully saturated rings. The maximum atomic E-state index is 11.2. The molecule has 0 saturated heterocycles. The molecule has 0 amide bonds. The second-order valence-electron chi connectivity index (χ2n) is 3.79. The molecule has 3 nitrogen and oxygen atoms in total. The Balaban J connectivity index is 2.11. The highest BCUT2D eigenvalue weighted by atomic mass is 79.9. The van der Waals surface area contributed by atoms with Gasteiger partial charge in [0.1, 0.15) is 11.5 Å². The largest absolute Gasteiger partial charge is 0.463 e. The third-order valence-electron chi connectivity index (χ3n) is 2.43. The van der Waals surface area contributed by atoms with Gasteiger partial charge in [0.05, 0.1) is 6.61 Å². The summed E-state index contributed by atoms with van der Waals surface area (Å²) in [6, 6.07) is 11.5. The Bertz CT molecular complexity index is 582. The van der Waals surface area contributed by atoms with Gasteiger partial charge in [-0.1, -0.05) is 28.1 Å².